The fraction of sp³-hybridized carbons (Fsp3) is 0.562. The smallest absolute Gasteiger partial charge is 0.239 e. The number of benzene rings is 1. The van der Waals surface area contributed by atoms with E-state index in [1.807, 2.05) is 31.2 Å². The molecule has 2 aliphatic heterocycles. The summed E-state index contributed by atoms with van der Waals surface area (Å²) in [6, 6.07) is 7.67. The molecule has 2 aliphatic rings. The number of anilines is 1. The average molecular weight is 322 g/mol. The van der Waals surface area contributed by atoms with Crippen LogP contribution in [0.2, 0.25) is 0 Å². The number of amides is 1. The zero-order valence-corrected chi connectivity index (χ0v) is 13.7. The van der Waals surface area contributed by atoms with Gasteiger partial charge in [-0.3, -0.25) is 9.10 Å². The zero-order valence-electron chi connectivity index (χ0n) is 12.9. The molecule has 0 bridgehead atoms. The van der Waals surface area contributed by atoms with Crippen LogP contribution in [0.1, 0.15) is 31.7 Å². The molecule has 0 unspecified atom stereocenters. The summed E-state index contributed by atoms with van der Waals surface area (Å²) in [5.74, 6) is 0.0433. The van der Waals surface area contributed by atoms with Gasteiger partial charge in [-0.2, -0.15) is 0 Å². The summed E-state index contributed by atoms with van der Waals surface area (Å²) in [7, 11) is -3.41. The van der Waals surface area contributed by atoms with Crippen LogP contribution in [0, 0.1) is 0 Å². The summed E-state index contributed by atoms with van der Waals surface area (Å²) in [4.78, 5) is 13.6. The van der Waals surface area contributed by atoms with Crippen LogP contribution in [0.25, 0.3) is 0 Å². The minimum atomic E-state index is -3.41. The molecule has 6 heteroatoms. The monoisotopic (exact) mass is 322 g/mol. The lowest BCUT2D eigenvalue weighted by Crippen LogP contribution is -2.49. The van der Waals surface area contributed by atoms with Gasteiger partial charge in [0.05, 0.1) is 10.9 Å². The summed E-state index contributed by atoms with van der Waals surface area (Å²) in [6.45, 7) is 3.33. The lowest BCUT2D eigenvalue weighted by Gasteiger charge is -2.34. The first-order valence-electron chi connectivity index (χ1n) is 7.91. The SMILES string of the molecule is CCC(=O)N1CCC[C@H](S(=O)(=O)N2CCc3ccccc32)C1. The number of hydrogen-bond donors (Lipinski definition) is 0. The van der Waals surface area contributed by atoms with Gasteiger partial charge in [-0.1, -0.05) is 25.1 Å². The molecule has 1 amide bonds. The second kappa shape index (κ2) is 5.91. The summed E-state index contributed by atoms with van der Waals surface area (Å²) in [5, 5.41) is -0.483. The number of para-hydroxylation sites is 1. The predicted octanol–water partition coefficient (Wildman–Crippen LogP) is 1.78. The summed E-state index contributed by atoms with van der Waals surface area (Å²) in [6.07, 6.45) is 2.58. The number of hydrogen-bond acceptors (Lipinski definition) is 3. The van der Waals surface area contributed by atoms with Gasteiger partial charge in [0, 0.05) is 26.1 Å². The van der Waals surface area contributed by atoms with Crippen molar-refractivity contribution in [2.24, 2.45) is 0 Å². The first-order valence-corrected chi connectivity index (χ1v) is 9.41. The number of carbonyl (C=O) groups excluding carboxylic acids is 1. The third kappa shape index (κ3) is 2.60. The molecule has 0 radical (unpaired) electrons. The third-order valence-corrected chi connectivity index (χ3v) is 6.83. The Morgan fingerprint density at radius 2 is 2.05 bits per heavy atom. The Balaban J connectivity index is 1.83. The Hall–Kier alpha value is -1.56. The van der Waals surface area contributed by atoms with Gasteiger partial charge in [0.1, 0.15) is 0 Å². The molecule has 1 aromatic carbocycles. The Morgan fingerprint density at radius 3 is 2.82 bits per heavy atom. The lowest BCUT2D eigenvalue weighted by atomic mass is 10.1. The molecule has 1 fully saturated rings. The molecule has 0 spiro atoms. The van der Waals surface area contributed by atoms with E-state index in [-0.39, 0.29) is 5.91 Å². The molecule has 0 N–H and O–H groups in total. The molecule has 1 aromatic rings. The Labute approximate surface area is 132 Å². The largest absolute Gasteiger partial charge is 0.341 e. The van der Waals surface area contributed by atoms with Crippen LogP contribution in [-0.2, 0) is 21.2 Å². The van der Waals surface area contributed by atoms with Gasteiger partial charge in [-0.15, -0.1) is 0 Å². The number of piperidine rings is 1. The van der Waals surface area contributed by atoms with Crippen molar-refractivity contribution in [1.29, 1.82) is 0 Å². The van der Waals surface area contributed by atoms with Gasteiger partial charge in [-0.05, 0) is 30.9 Å². The van der Waals surface area contributed by atoms with Crippen molar-refractivity contribution in [2.45, 2.75) is 37.9 Å². The molecule has 1 saturated heterocycles. The van der Waals surface area contributed by atoms with E-state index >= 15 is 0 Å². The van der Waals surface area contributed by atoms with E-state index < -0.39 is 15.3 Å². The minimum absolute atomic E-state index is 0.0433. The first-order chi connectivity index (χ1) is 10.5. The third-order valence-electron chi connectivity index (χ3n) is 4.61. The van der Waals surface area contributed by atoms with E-state index in [9.17, 15) is 13.2 Å². The molecule has 0 aromatic heterocycles. The van der Waals surface area contributed by atoms with Crippen LogP contribution in [0.15, 0.2) is 24.3 Å². The van der Waals surface area contributed by atoms with Crippen molar-refractivity contribution in [3.63, 3.8) is 0 Å². The average Bonchev–Trinajstić information content (AvgIpc) is 2.99. The molecule has 120 valence electrons. The molecular weight excluding hydrogens is 300 g/mol. The zero-order chi connectivity index (χ0) is 15.7. The van der Waals surface area contributed by atoms with Crippen LogP contribution in [0.4, 0.5) is 5.69 Å². The maximum absolute atomic E-state index is 13.0. The predicted molar refractivity (Wildman–Crippen MR) is 86.3 cm³/mol. The van der Waals surface area contributed by atoms with Gasteiger partial charge in [-0.25, -0.2) is 8.42 Å². The van der Waals surface area contributed by atoms with E-state index in [0.29, 0.717) is 32.5 Å². The van der Waals surface area contributed by atoms with Gasteiger partial charge >= 0.3 is 0 Å². The molecule has 22 heavy (non-hydrogen) atoms. The van der Waals surface area contributed by atoms with Crippen LogP contribution >= 0.6 is 0 Å². The maximum atomic E-state index is 13.0. The van der Waals surface area contributed by atoms with Crippen molar-refractivity contribution in [2.75, 3.05) is 23.9 Å². The van der Waals surface area contributed by atoms with Gasteiger partial charge in [0.2, 0.25) is 15.9 Å². The standard InChI is InChI=1S/C16H22N2O3S/c1-2-16(19)17-10-5-7-14(12-17)22(20,21)18-11-9-13-6-3-4-8-15(13)18/h3-4,6,8,14H,2,5,7,9-12H2,1H3/t14-/m0/s1. The van der Waals surface area contributed by atoms with Gasteiger partial charge < -0.3 is 4.90 Å². The highest BCUT2D eigenvalue weighted by molar-refractivity contribution is 7.93. The molecule has 3 rings (SSSR count). The number of nitrogens with zero attached hydrogens (tertiary/aromatic N) is 2. The van der Waals surface area contributed by atoms with E-state index in [2.05, 4.69) is 0 Å². The second-order valence-corrected chi connectivity index (χ2v) is 8.09. The Kier molecular flexibility index (Phi) is 4.12. The highest BCUT2D eigenvalue weighted by atomic mass is 32.2. The van der Waals surface area contributed by atoms with E-state index in [4.69, 9.17) is 0 Å². The van der Waals surface area contributed by atoms with Crippen molar-refractivity contribution < 1.29 is 13.2 Å². The summed E-state index contributed by atoms with van der Waals surface area (Å²) < 4.78 is 27.5. The second-order valence-electron chi connectivity index (χ2n) is 5.95. The normalized spacial score (nSPS) is 21.8. The van der Waals surface area contributed by atoms with E-state index in [0.717, 1.165) is 24.1 Å². The van der Waals surface area contributed by atoms with Crippen molar-refractivity contribution in [3.8, 4) is 0 Å². The fourth-order valence-electron chi connectivity index (χ4n) is 3.38. The van der Waals surface area contributed by atoms with Crippen LogP contribution in [-0.4, -0.2) is 44.1 Å². The number of fused-ring (bicyclic) bond motifs is 1. The lowest BCUT2D eigenvalue weighted by molar-refractivity contribution is -0.131. The topological polar surface area (TPSA) is 57.7 Å². The van der Waals surface area contributed by atoms with Crippen LogP contribution < -0.4 is 4.31 Å². The number of sulfonamides is 1. The van der Waals surface area contributed by atoms with Crippen LogP contribution in [0.3, 0.4) is 0 Å². The van der Waals surface area contributed by atoms with Crippen molar-refractivity contribution >= 4 is 21.6 Å². The quantitative estimate of drug-likeness (QED) is 0.852. The van der Waals surface area contributed by atoms with Gasteiger partial charge in [0.25, 0.3) is 0 Å². The molecule has 0 saturated carbocycles. The fourth-order valence-corrected chi connectivity index (χ4v) is 5.37. The van der Waals surface area contributed by atoms with E-state index in [1.54, 1.807) is 9.21 Å². The number of carbonyl (C=O) groups is 1. The number of likely N-dealkylation sites (tertiary alicyclic amines) is 1. The Morgan fingerprint density at radius 1 is 1.27 bits per heavy atom. The molecular formula is C16H22N2O3S. The number of rotatable bonds is 3. The Bertz CT molecular complexity index is 672. The molecule has 1 atom stereocenters. The molecule has 2 heterocycles. The maximum Gasteiger partial charge on any atom is 0.239 e. The molecule has 0 aliphatic carbocycles. The summed E-state index contributed by atoms with van der Waals surface area (Å²) in [5.41, 5.74) is 1.89. The van der Waals surface area contributed by atoms with Crippen molar-refractivity contribution in [1.82, 2.24) is 4.90 Å². The summed E-state index contributed by atoms with van der Waals surface area (Å²) >= 11 is 0. The molecule has 5 nitrogen and oxygen atoms in total. The van der Waals surface area contributed by atoms with Crippen molar-refractivity contribution in [3.05, 3.63) is 29.8 Å². The van der Waals surface area contributed by atoms with Crippen LogP contribution in [0.5, 0.6) is 0 Å². The minimum Gasteiger partial charge on any atom is -0.341 e. The van der Waals surface area contributed by atoms with Gasteiger partial charge in [0.15, 0.2) is 0 Å². The highest BCUT2D eigenvalue weighted by Gasteiger charge is 2.38. The highest BCUT2D eigenvalue weighted by Crippen LogP contribution is 2.33. The first kappa shape index (κ1) is 15.3. The van der Waals surface area contributed by atoms with E-state index in [1.165, 1.54) is 0 Å².